The second-order valence-corrected chi connectivity index (χ2v) is 6.92. The standard InChI is InChI=1S/C20H14O4.C4H8/c21-15-9-5-13(6-10-15)20(14-7-11-16(22)12-8-14)18-4-2-1-3-17(18)19(23)24-20;1-4(2)3/h1-12,21-22H;1H2,2-3H3. The minimum atomic E-state index is -1.10. The summed E-state index contributed by atoms with van der Waals surface area (Å²) in [6, 6.07) is 20.4. The van der Waals surface area contributed by atoms with Crippen LogP contribution in [0.15, 0.2) is 84.9 Å². The molecule has 142 valence electrons. The predicted octanol–water partition coefficient (Wildman–Crippen LogP) is 5.14. The molecule has 3 aromatic carbocycles. The fourth-order valence-electron chi connectivity index (χ4n) is 3.20. The van der Waals surface area contributed by atoms with Crippen LogP contribution in [-0.4, -0.2) is 16.2 Å². The van der Waals surface area contributed by atoms with Crippen molar-refractivity contribution in [1.82, 2.24) is 0 Å². The third kappa shape index (κ3) is 3.49. The first-order chi connectivity index (χ1) is 13.3. The van der Waals surface area contributed by atoms with Gasteiger partial charge >= 0.3 is 5.97 Å². The zero-order valence-corrected chi connectivity index (χ0v) is 15.8. The normalized spacial score (nSPS) is 13.7. The smallest absolute Gasteiger partial charge is 0.340 e. The molecule has 4 heteroatoms. The molecule has 0 fully saturated rings. The average Bonchev–Trinajstić information content (AvgIpc) is 2.97. The number of hydrogen-bond donors (Lipinski definition) is 2. The van der Waals surface area contributed by atoms with Gasteiger partial charge in [0.25, 0.3) is 0 Å². The zero-order chi connectivity index (χ0) is 20.3. The first-order valence-electron chi connectivity index (χ1n) is 8.88. The molecule has 0 spiro atoms. The van der Waals surface area contributed by atoms with Crippen molar-refractivity contribution in [2.24, 2.45) is 0 Å². The number of allylic oxidation sites excluding steroid dienone is 1. The van der Waals surface area contributed by atoms with Crippen LogP contribution >= 0.6 is 0 Å². The second kappa shape index (κ2) is 7.61. The van der Waals surface area contributed by atoms with Gasteiger partial charge in [-0.05, 0) is 44.2 Å². The molecule has 3 aromatic rings. The third-order valence-corrected chi connectivity index (χ3v) is 4.32. The minimum absolute atomic E-state index is 0.136. The van der Waals surface area contributed by atoms with E-state index in [1.54, 1.807) is 60.7 Å². The van der Waals surface area contributed by atoms with Crippen molar-refractivity contribution < 1.29 is 19.7 Å². The Labute approximate surface area is 164 Å². The number of phenols is 2. The lowest BCUT2D eigenvalue weighted by Crippen LogP contribution is -2.29. The van der Waals surface area contributed by atoms with E-state index in [0.717, 1.165) is 16.7 Å². The van der Waals surface area contributed by atoms with Crippen LogP contribution in [-0.2, 0) is 10.3 Å². The Morgan fingerprint density at radius 1 is 0.821 bits per heavy atom. The van der Waals surface area contributed by atoms with E-state index in [-0.39, 0.29) is 11.5 Å². The van der Waals surface area contributed by atoms with E-state index < -0.39 is 11.6 Å². The van der Waals surface area contributed by atoms with E-state index in [0.29, 0.717) is 5.56 Å². The SMILES string of the molecule is C=C(C)C.O=C1OC(c2ccc(O)cc2)(c2ccc(O)cc2)c2ccccc21. The second-order valence-electron chi connectivity index (χ2n) is 6.92. The molecule has 0 unspecified atom stereocenters. The number of phenolic OH excluding ortho intramolecular Hbond substituents is 2. The third-order valence-electron chi connectivity index (χ3n) is 4.32. The molecule has 4 rings (SSSR count). The molecule has 0 amide bonds. The van der Waals surface area contributed by atoms with Crippen molar-refractivity contribution >= 4 is 5.97 Å². The van der Waals surface area contributed by atoms with Crippen molar-refractivity contribution in [3.8, 4) is 11.5 Å². The zero-order valence-electron chi connectivity index (χ0n) is 15.8. The minimum Gasteiger partial charge on any atom is -0.508 e. The molecule has 0 aliphatic carbocycles. The Hall–Kier alpha value is -3.53. The molecular weight excluding hydrogens is 352 g/mol. The van der Waals surface area contributed by atoms with Crippen LogP contribution in [0.3, 0.4) is 0 Å². The summed E-state index contributed by atoms with van der Waals surface area (Å²) in [6.45, 7) is 7.50. The van der Waals surface area contributed by atoms with Gasteiger partial charge in [0, 0.05) is 16.7 Å². The molecule has 0 atom stereocenters. The average molecular weight is 374 g/mol. The van der Waals surface area contributed by atoms with Gasteiger partial charge in [-0.1, -0.05) is 48.0 Å². The lowest BCUT2D eigenvalue weighted by atomic mass is 9.80. The Bertz CT molecular complexity index is 952. The van der Waals surface area contributed by atoms with Gasteiger partial charge in [-0.15, -0.1) is 6.58 Å². The van der Waals surface area contributed by atoms with Gasteiger partial charge in [-0.25, -0.2) is 4.79 Å². The van der Waals surface area contributed by atoms with Crippen molar-refractivity contribution in [1.29, 1.82) is 0 Å². The van der Waals surface area contributed by atoms with Crippen LogP contribution in [0.1, 0.15) is 40.9 Å². The van der Waals surface area contributed by atoms with E-state index in [9.17, 15) is 15.0 Å². The number of esters is 1. The van der Waals surface area contributed by atoms with E-state index in [1.807, 2.05) is 26.0 Å². The maximum atomic E-state index is 12.4. The van der Waals surface area contributed by atoms with Gasteiger partial charge in [0.15, 0.2) is 5.60 Å². The fraction of sp³-hybridized carbons (Fsp3) is 0.125. The van der Waals surface area contributed by atoms with Gasteiger partial charge in [0.2, 0.25) is 0 Å². The van der Waals surface area contributed by atoms with E-state index in [1.165, 1.54) is 5.57 Å². The summed E-state index contributed by atoms with van der Waals surface area (Å²) < 4.78 is 5.87. The molecule has 0 bridgehead atoms. The summed E-state index contributed by atoms with van der Waals surface area (Å²) in [5.41, 5.74) is 2.77. The van der Waals surface area contributed by atoms with Crippen molar-refractivity contribution in [3.05, 3.63) is 107 Å². The Kier molecular flexibility index (Phi) is 5.23. The van der Waals surface area contributed by atoms with Crippen molar-refractivity contribution in [2.75, 3.05) is 0 Å². The molecule has 4 nitrogen and oxygen atoms in total. The number of rotatable bonds is 2. The largest absolute Gasteiger partial charge is 0.508 e. The van der Waals surface area contributed by atoms with E-state index in [2.05, 4.69) is 6.58 Å². The highest BCUT2D eigenvalue weighted by atomic mass is 16.6. The highest BCUT2D eigenvalue weighted by molar-refractivity contribution is 5.96. The maximum absolute atomic E-state index is 12.4. The molecule has 0 radical (unpaired) electrons. The monoisotopic (exact) mass is 374 g/mol. The molecule has 1 heterocycles. The number of carbonyl (C=O) groups excluding carboxylic acids is 1. The van der Waals surface area contributed by atoms with Gasteiger partial charge in [-0.3, -0.25) is 0 Å². The molecule has 1 aliphatic heterocycles. The number of cyclic esters (lactones) is 1. The van der Waals surface area contributed by atoms with Crippen LogP contribution in [0.2, 0.25) is 0 Å². The number of aromatic hydroxyl groups is 2. The summed E-state index contributed by atoms with van der Waals surface area (Å²) in [6.07, 6.45) is 0. The van der Waals surface area contributed by atoms with Crippen molar-refractivity contribution in [2.45, 2.75) is 19.4 Å². The molecular formula is C24H22O4. The van der Waals surface area contributed by atoms with Gasteiger partial charge < -0.3 is 14.9 Å². The molecule has 0 saturated heterocycles. The van der Waals surface area contributed by atoms with Crippen LogP contribution in [0.4, 0.5) is 0 Å². The number of benzene rings is 3. The van der Waals surface area contributed by atoms with Crippen LogP contribution in [0.25, 0.3) is 0 Å². The quantitative estimate of drug-likeness (QED) is 0.481. The number of carbonyl (C=O) groups is 1. The summed E-state index contributed by atoms with van der Waals surface area (Å²) >= 11 is 0. The number of hydrogen-bond acceptors (Lipinski definition) is 4. The molecule has 0 aromatic heterocycles. The molecule has 1 aliphatic rings. The van der Waals surface area contributed by atoms with Gasteiger partial charge in [-0.2, -0.15) is 0 Å². The van der Waals surface area contributed by atoms with Crippen LogP contribution in [0, 0.1) is 0 Å². The maximum Gasteiger partial charge on any atom is 0.340 e. The topological polar surface area (TPSA) is 66.8 Å². The highest BCUT2D eigenvalue weighted by Gasteiger charge is 2.48. The Balaban J connectivity index is 0.000000516. The summed E-state index contributed by atoms with van der Waals surface area (Å²) in [4.78, 5) is 12.4. The lowest BCUT2D eigenvalue weighted by Gasteiger charge is -2.30. The van der Waals surface area contributed by atoms with Gasteiger partial charge in [0.1, 0.15) is 11.5 Å². The molecule has 0 saturated carbocycles. The molecule has 28 heavy (non-hydrogen) atoms. The molecule has 2 N–H and O–H groups in total. The van der Waals surface area contributed by atoms with Crippen LogP contribution in [0.5, 0.6) is 11.5 Å². The van der Waals surface area contributed by atoms with Gasteiger partial charge in [0.05, 0.1) is 5.56 Å². The summed E-state index contributed by atoms with van der Waals surface area (Å²) in [7, 11) is 0. The Morgan fingerprint density at radius 2 is 1.25 bits per heavy atom. The first-order valence-corrected chi connectivity index (χ1v) is 8.88. The Morgan fingerprint density at radius 3 is 1.71 bits per heavy atom. The van der Waals surface area contributed by atoms with E-state index in [4.69, 9.17) is 4.74 Å². The van der Waals surface area contributed by atoms with Crippen molar-refractivity contribution in [3.63, 3.8) is 0 Å². The van der Waals surface area contributed by atoms with E-state index >= 15 is 0 Å². The fourth-order valence-corrected chi connectivity index (χ4v) is 3.20. The van der Waals surface area contributed by atoms with Crippen LogP contribution < -0.4 is 0 Å². The summed E-state index contributed by atoms with van der Waals surface area (Å²) in [5.74, 6) is -0.124. The lowest BCUT2D eigenvalue weighted by molar-refractivity contribution is 0.0251. The highest BCUT2D eigenvalue weighted by Crippen LogP contribution is 2.47. The summed E-state index contributed by atoms with van der Waals surface area (Å²) in [5, 5.41) is 19.2. The first kappa shape index (κ1) is 19.2. The number of fused-ring (bicyclic) bond motifs is 1. The predicted molar refractivity (Wildman–Crippen MR) is 108 cm³/mol. The number of ether oxygens (including phenoxy) is 1.